The summed E-state index contributed by atoms with van der Waals surface area (Å²) in [6.45, 7) is 4.82. The van der Waals surface area contributed by atoms with Gasteiger partial charge in [-0.2, -0.15) is 0 Å². The number of halogens is 1. The SMILES string of the molecule is CN(C)CCC(CSc1ccccc1)Nc1cc(S(=O)(=O)Nc2ncnc3cc(N4CCN(Cc5cc(Cl)ccc5-c5ccccc5)CC4)ccc23)ccc1[N+](=O)[O-]. The minimum Gasteiger partial charge on any atom is -0.376 e. The number of hydrogen-bond acceptors (Lipinski definition) is 11. The van der Waals surface area contributed by atoms with Crippen LogP contribution in [0.2, 0.25) is 5.02 Å². The third kappa shape index (κ3) is 10.2. The normalized spacial score (nSPS) is 14.1. The highest BCUT2D eigenvalue weighted by molar-refractivity contribution is 7.99. The number of nitro benzene ring substituents is 1. The van der Waals surface area contributed by atoms with Gasteiger partial charge >= 0.3 is 0 Å². The van der Waals surface area contributed by atoms with Crippen molar-refractivity contribution in [3.8, 4) is 11.1 Å². The number of nitrogens with zero attached hydrogens (tertiary/aromatic N) is 6. The van der Waals surface area contributed by atoms with Gasteiger partial charge in [0.25, 0.3) is 15.7 Å². The molecule has 300 valence electrons. The number of fused-ring (bicyclic) bond motifs is 1. The van der Waals surface area contributed by atoms with Crippen molar-refractivity contribution in [1.82, 2.24) is 19.8 Å². The number of nitro groups is 1. The number of hydrogen-bond donors (Lipinski definition) is 2. The summed E-state index contributed by atoms with van der Waals surface area (Å²) in [6, 6.07) is 35.7. The standard InChI is InChI=1S/C43H45ClN8O4S2/c1-49(2)20-19-34(29-57-36-11-7-4-8-12-36)47-41-27-37(15-18-42(41)52(53)54)58(55,56)48-43-39-17-14-35(26-40(39)45-30-46-43)51-23-21-50(22-24-51)28-32-25-33(44)13-16-38(32)31-9-5-3-6-10-31/h3-18,25-27,30,34,47H,19-24,28-29H2,1-2H3,(H,45,46,48). The van der Waals surface area contributed by atoms with Gasteiger partial charge in [-0.3, -0.25) is 19.7 Å². The molecule has 0 bridgehead atoms. The molecule has 1 aliphatic heterocycles. The first-order valence-corrected chi connectivity index (χ1v) is 21.8. The molecule has 12 nitrogen and oxygen atoms in total. The van der Waals surface area contributed by atoms with Gasteiger partial charge in [-0.15, -0.1) is 11.8 Å². The number of nitrogens with one attached hydrogen (secondary N) is 2. The summed E-state index contributed by atoms with van der Waals surface area (Å²) in [6.07, 6.45) is 2.02. The van der Waals surface area contributed by atoms with Crippen LogP contribution in [-0.4, -0.2) is 91.7 Å². The number of anilines is 3. The number of sulfonamides is 1. The van der Waals surface area contributed by atoms with E-state index in [1.807, 2.05) is 91.8 Å². The van der Waals surface area contributed by atoms with E-state index in [2.05, 4.69) is 54.1 Å². The Kier molecular flexibility index (Phi) is 13.1. The molecule has 1 aliphatic rings. The zero-order valence-electron chi connectivity index (χ0n) is 32.3. The van der Waals surface area contributed by atoms with Crippen molar-refractivity contribution in [2.24, 2.45) is 0 Å². The summed E-state index contributed by atoms with van der Waals surface area (Å²) >= 11 is 8.06. The van der Waals surface area contributed by atoms with Crippen LogP contribution in [0.3, 0.4) is 0 Å². The maximum Gasteiger partial charge on any atom is 0.292 e. The summed E-state index contributed by atoms with van der Waals surface area (Å²) in [5.74, 6) is 0.737. The van der Waals surface area contributed by atoms with Crippen LogP contribution in [0.4, 0.5) is 22.9 Å². The molecule has 0 radical (unpaired) electrons. The molecule has 7 rings (SSSR count). The Bertz CT molecular complexity index is 2470. The van der Waals surface area contributed by atoms with Crippen molar-refractivity contribution in [3.05, 3.63) is 142 Å². The van der Waals surface area contributed by atoms with Gasteiger partial charge in [0.1, 0.15) is 12.0 Å². The lowest BCUT2D eigenvalue weighted by molar-refractivity contribution is -0.384. The number of rotatable bonds is 16. The highest BCUT2D eigenvalue weighted by Gasteiger charge is 2.25. The van der Waals surface area contributed by atoms with Crippen LogP contribution in [0.5, 0.6) is 0 Å². The first-order valence-electron chi connectivity index (χ1n) is 19.0. The molecule has 0 spiro atoms. The molecule has 0 aliphatic carbocycles. The predicted octanol–water partition coefficient (Wildman–Crippen LogP) is 8.51. The quantitative estimate of drug-likeness (QED) is 0.0552. The summed E-state index contributed by atoms with van der Waals surface area (Å²) in [5.41, 5.74) is 5.02. The van der Waals surface area contributed by atoms with Gasteiger partial charge in [0.15, 0.2) is 5.82 Å². The summed E-state index contributed by atoms with van der Waals surface area (Å²) in [4.78, 5) is 28.1. The Morgan fingerprint density at radius 2 is 1.64 bits per heavy atom. The topological polar surface area (TPSA) is 137 Å². The van der Waals surface area contributed by atoms with Crippen molar-refractivity contribution in [2.45, 2.75) is 28.8 Å². The summed E-state index contributed by atoms with van der Waals surface area (Å²) in [5, 5.41) is 16.7. The average Bonchev–Trinajstić information content (AvgIpc) is 3.22. The van der Waals surface area contributed by atoms with E-state index in [0.29, 0.717) is 23.1 Å². The molecule has 6 aromatic rings. The third-order valence-corrected chi connectivity index (χ3v) is 12.8. The molecule has 2 N–H and O–H groups in total. The van der Waals surface area contributed by atoms with Gasteiger partial charge in [-0.05, 0) is 98.3 Å². The molecule has 5 aromatic carbocycles. The Morgan fingerprint density at radius 1 is 0.897 bits per heavy atom. The van der Waals surface area contributed by atoms with Crippen molar-refractivity contribution < 1.29 is 13.3 Å². The van der Waals surface area contributed by atoms with E-state index in [9.17, 15) is 18.5 Å². The second kappa shape index (κ2) is 18.6. The number of thioether (sulfide) groups is 1. The second-order valence-electron chi connectivity index (χ2n) is 14.5. The Balaban J connectivity index is 1.05. The first kappa shape index (κ1) is 40.9. The zero-order chi connectivity index (χ0) is 40.6. The largest absolute Gasteiger partial charge is 0.376 e. The third-order valence-electron chi connectivity index (χ3n) is 10.1. The van der Waals surface area contributed by atoms with Gasteiger partial charge in [-0.1, -0.05) is 66.2 Å². The lowest BCUT2D eigenvalue weighted by atomic mass is 9.99. The van der Waals surface area contributed by atoms with Gasteiger partial charge < -0.3 is 15.1 Å². The molecule has 1 aromatic heterocycles. The van der Waals surface area contributed by atoms with E-state index in [4.69, 9.17) is 11.6 Å². The number of aromatic nitrogens is 2. The predicted molar refractivity (Wildman–Crippen MR) is 236 cm³/mol. The van der Waals surface area contributed by atoms with E-state index in [0.717, 1.165) is 60.4 Å². The van der Waals surface area contributed by atoms with Crippen molar-refractivity contribution >= 4 is 67.2 Å². The van der Waals surface area contributed by atoms with Crippen molar-refractivity contribution in [3.63, 3.8) is 0 Å². The molecule has 1 atom stereocenters. The van der Waals surface area contributed by atoms with Crippen molar-refractivity contribution in [1.29, 1.82) is 0 Å². The number of benzene rings is 5. The van der Waals surface area contributed by atoms with Crippen molar-refractivity contribution in [2.75, 3.05) is 67.5 Å². The fourth-order valence-corrected chi connectivity index (χ4v) is 9.25. The number of piperazine rings is 1. The second-order valence-corrected chi connectivity index (χ2v) is 17.7. The molecular formula is C43H45ClN8O4S2. The van der Waals surface area contributed by atoms with Crippen LogP contribution in [0.25, 0.3) is 22.0 Å². The molecule has 0 amide bonds. The van der Waals surface area contributed by atoms with Gasteiger partial charge in [-0.25, -0.2) is 18.4 Å². The van der Waals surface area contributed by atoms with Crippen LogP contribution in [0.1, 0.15) is 12.0 Å². The highest BCUT2D eigenvalue weighted by atomic mass is 35.5. The minimum atomic E-state index is -4.21. The molecule has 1 saturated heterocycles. The first-order chi connectivity index (χ1) is 28.0. The zero-order valence-corrected chi connectivity index (χ0v) is 34.7. The van der Waals surface area contributed by atoms with E-state index in [-0.39, 0.29) is 28.1 Å². The molecule has 2 heterocycles. The molecule has 1 unspecified atom stereocenters. The molecule has 15 heteroatoms. The van der Waals surface area contributed by atoms with Crippen LogP contribution in [0, 0.1) is 10.1 Å². The van der Waals surface area contributed by atoms with Crippen LogP contribution in [0.15, 0.2) is 131 Å². The van der Waals surface area contributed by atoms with Gasteiger partial charge in [0, 0.05) is 71.6 Å². The fraction of sp³-hybridized carbons (Fsp3) is 0.256. The Morgan fingerprint density at radius 3 is 2.36 bits per heavy atom. The maximum atomic E-state index is 13.9. The van der Waals surface area contributed by atoms with Crippen LogP contribution < -0.4 is 14.9 Å². The van der Waals surface area contributed by atoms with E-state index in [1.54, 1.807) is 11.8 Å². The van der Waals surface area contributed by atoms with Crippen LogP contribution >= 0.6 is 23.4 Å². The van der Waals surface area contributed by atoms with E-state index in [1.165, 1.54) is 35.7 Å². The van der Waals surface area contributed by atoms with E-state index < -0.39 is 14.9 Å². The molecule has 58 heavy (non-hydrogen) atoms. The van der Waals surface area contributed by atoms with Crippen LogP contribution in [-0.2, 0) is 16.6 Å². The summed E-state index contributed by atoms with van der Waals surface area (Å²) in [7, 11) is -0.283. The van der Waals surface area contributed by atoms with E-state index >= 15 is 0 Å². The smallest absolute Gasteiger partial charge is 0.292 e. The summed E-state index contributed by atoms with van der Waals surface area (Å²) < 4.78 is 30.4. The monoisotopic (exact) mass is 836 g/mol. The Hall–Kier alpha value is -5.25. The highest BCUT2D eigenvalue weighted by Crippen LogP contribution is 2.33. The molecule has 1 fully saturated rings. The lowest BCUT2D eigenvalue weighted by Crippen LogP contribution is -2.46. The van der Waals surface area contributed by atoms with Gasteiger partial charge in [0.05, 0.1) is 15.3 Å². The van der Waals surface area contributed by atoms with Gasteiger partial charge in [0.2, 0.25) is 0 Å². The lowest BCUT2D eigenvalue weighted by Gasteiger charge is -2.36. The Labute approximate surface area is 348 Å². The minimum absolute atomic E-state index is 0.119. The molecular weight excluding hydrogens is 792 g/mol. The maximum absolute atomic E-state index is 13.9. The average molecular weight is 837 g/mol. The fourth-order valence-electron chi connectivity index (χ4n) is 7.01. The molecule has 0 saturated carbocycles.